The Labute approximate surface area is 209 Å². The Morgan fingerprint density at radius 1 is 0.914 bits per heavy atom. The van der Waals surface area contributed by atoms with Gasteiger partial charge in [-0.1, -0.05) is 12.5 Å². The monoisotopic (exact) mass is 483 g/mol. The van der Waals surface area contributed by atoms with Crippen molar-refractivity contribution in [3.05, 3.63) is 29.8 Å². The molecule has 4 aliphatic rings. The van der Waals surface area contributed by atoms with Crippen LogP contribution in [0.15, 0.2) is 24.3 Å². The van der Waals surface area contributed by atoms with Crippen molar-refractivity contribution in [2.24, 2.45) is 0 Å². The van der Waals surface area contributed by atoms with Crippen LogP contribution in [0.5, 0.6) is 0 Å². The van der Waals surface area contributed by atoms with Crippen LogP contribution < -0.4 is 4.90 Å². The second-order valence-electron chi connectivity index (χ2n) is 10.6. The van der Waals surface area contributed by atoms with Crippen LogP contribution in [0.4, 0.5) is 5.69 Å². The van der Waals surface area contributed by atoms with E-state index >= 15 is 0 Å². The van der Waals surface area contributed by atoms with Gasteiger partial charge in [0.2, 0.25) is 5.91 Å². The summed E-state index contributed by atoms with van der Waals surface area (Å²) in [5.41, 5.74) is 1.85. The van der Waals surface area contributed by atoms with Gasteiger partial charge in [-0.05, 0) is 43.9 Å². The van der Waals surface area contributed by atoms with E-state index in [1.54, 1.807) is 7.11 Å². The predicted octanol–water partition coefficient (Wildman–Crippen LogP) is 1.76. The average molecular weight is 484 g/mol. The molecule has 1 aliphatic carbocycles. The topological polar surface area (TPSA) is 59.6 Å². The number of anilines is 1. The van der Waals surface area contributed by atoms with Gasteiger partial charge in [-0.25, -0.2) is 0 Å². The van der Waals surface area contributed by atoms with Gasteiger partial charge in [0.15, 0.2) is 0 Å². The number of benzene rings is 1. The predicted molar refractivity (Wildman–Crippen MR) is 137 cm³/mol. The van der Waals surface area contributed by atoms with Gasteiger partial charge in [-0.2, -0.15) is 0 Å². The number of likely N-dealkylation sites (tertiary alicyclic amines) is 1. The highest BCUT2D eigenvalue weighted by Gasteiger charge is 2.31. The van der Waals surface area contributed by atoms with Crippen LogP contribution in [0.3, 0.4) is 0 Å². The number of hydrogen-bond acceptors (Lipinski definition) is 6. The molecule has 8 heteroatoms. The third-order valence-corrected chi connectivity index (χ3v) is 8.44. The minimum absolute atomic E-state index is 0.105. The van der Waals surface area contributed by atoms with E-state index in [4.69, 9.17) is 4.74 Å². The lowest BCUT2D eigenvalue weighted by molar-refractivity contribution is -0.134. The normalized spacial score (nSPS) is 24.6. The number of rotatable bonds is 7. The SMILES string of the molecule is COC[C@H]1CCCN1C(=O)c1cccc(N2CCN(CC(=O)N3CCN(C4CCC4)CC3)CC2)c1. The highest BCUT2D eigenvalue weighted by atomic mass is 16.5. The zero-order valence-electron chi connectivity index (χ0n) is 21.2. The summed E-state index contributed by atoms with van der Waals surface area (Å²) in [7, 11) is 1.70. The molecule has 0 radical (unpaired) electrons. The molecule has 8 nitrogen and oxygen atoms in total. The van der Waals surface area contributed by atoms with Crippen molar-refractivity contribution in [2.45, 2.75) is 44.2 Å². The number of carbonyl (C=O) groups excluding carboxylic acids is 2. The summed E-state index contributed by atoms with van der Waals surface area (Å²) in [5.74, 6) is 0.378. The fourth-order valence-electron chi connectivity index (χ4n) is 6.01. The van der Waals surface area contributed by atoms with Crippen LogP contribution in [-0.4, -0.2) is 123 Å². The average Bonchev–Trinajstić information content (AvgIpc) is 3.32. The zero-order chi connectivity index (χ0) is 24.2. The van der Waals surface area contributed by atoms with Crippen molar-refractivity contribution in [1.29, 1.82) is 0 Å². The maximum absolute atomic E-state index is 13.2. The minimum atomic E-state index is 0.105. The smallest absolute Gasteiger partial charge is 0.254 e. The summed E-state index contributed by atoms with van der Waals surface area (Å²) < 4.78 is 5.32. The second kappa shape index (κ2) is 11.3. The summed E-state index contributed by atoms with van der Waals surface area (Å²) in [6.07, 6.45) is 6.08. The molecule has 192 valence electrons. The first-order valence-electron chi connectivity index (χ1n) is 13.5. The van der Waals surface area contributed by atoms with E-state index in [0.717, 1.165) is 89.0 Å². The molecule has 35 heavy (non-hydrogen) atoms. The van der Waals surface area contributed by atoms with Crippen LogP contribution >= 0.6 is 0 Å². The fourth-order valence-corrected chi connectivity index (χ4v) is 6.01. The van der Waals surface area contributed by atoms with E-state index in [2.05, 4.69) is 25.7 Å². The summed E-state index contributed by atoms with van der Waals surface area (Å²) in [6, 6.07) is 8.99. The van der Waals surface area contributed by atoms with Gasteiger partial charge in [-0.15, -0.1) is 0 Å². The van der Waals surface area contributed by atoms with E-state index in [1.165, 1.54) is 19.3 Å². The quantitative estimate of drug-likeness (QED) is 0.589. The molecule has 4 fully saturated rings. The second-order valence-corrected chi connectivity index (χ2v) is 10.6. The lowest BCUT2D eigenvalue weighted by atomic mass is 9.91. The molecular formula is C27H41N5O3. The van der Waals surface area contributed by atoms with Gasteiger partial charge in [0, 0.05) is 83.3 Å². The van der Waals surface area contributed by atoms with Gasteiger partial charge < -0.3 is 19.4 Å². The summed E-state index contributed by atoms with van der Waals surface area (Å²) >= 11 is 0. The molecule has 0 unspecified atom stereocenters. The Bertz CT molecular complexity index is 875. The Hall–Kier alpha value is -2.16. The Morgan fingerprint density at radius 2 is 1.69 bits per heavy atom. The maximum Gasteiger partial charge on any atom is 0.254 e. The highest BCUT2D eigenvalue weighted by Crippen LogP contribution is 2.26. The largest absolute Gasteiger partial charge is 0.383 e. The van der Waals surface area contributed by atoms with Crippen molar-refractivity contribution >= 4 is 17.5 Å². The first-order valence-corrected chi connectivity index (χ1v) is 13.5. The van der Waals surface area contributed by atoms with Crippen LogP contribution in [0.25, 0.3) is 0 Å². The van der Waals surface area contributed by atoms with Crippen LogP contribution in [-0.2, 0) is 9.53 Å². The van der Waals surface area contributed by atoms with Gasteiger partial charge >= 0.3 is 0 Å². The van der Waals surface area contributed by atoms with Crippen molar-refractivity contribution < 1.29 is 14.3 Å². The number of nitrogens with zero attached hydrogens (tertiary/aromatic N) is 5. The number of carbonyl (C=O) groups is 2. The van der Waals surface area contributed by atoms with E-state index < -0.39 is 0 Å². The van der Waals surface area contributed by atoms with Crippen LogP contribution in [0.2, 0.25) is 0 Å². The van der Waals surface area contributed by atoms with E-state index in [9.17, 15) is 9.59 Å². The third-order valence-electron chi connectivity index (χ3n) is 8.44. The number of ether oxygens (including phenoxy) is 1. The Balaban J connectivity index is 1.10. The molecule has 1 atom stereocenters. The summed E-state index contributed by atoms with van der Waals surface area (Å²) in [4.78, 5) is 37.3. The zero-order valence-corrected chi connectivity index (χ0v) is 21.2. The lowest BCUT2D eigenvalue weighted by Gasteiger charge is -2.43. The molecule has 5 rings (SSSR count). The molecule has 0 bridgehead atoms. The fraction of sp³-hybridized carbons (Fsp3) is 0.704. The molecule has 2 amide bonds. The first-order chi connectivity index (χ1) is 17.1. The molecule has 0 spiro atoms. The molecular weight excluding hydrogens is 442 g/mol. The maximum atomic E-state index is 13.2. The van der Waals surface area contributed by atoms with Crippen LogP contribution in [0, 0.1) is 0 Å². The van der Waals surface area contributed by atoms with E-state index in [0.29, 0.717) is 13.2 Å². The molecule has 1 saturated carbocycles. The standard InChI is InChI=1S/C27H41N5O3/c1-35-21-25-9-4-10-32(25)27(34)22-5-2-8-24(19-22)30-13-11-28(12-14-30)20-26(33)31-17-15-29(16-18-31)23-6-3-7-23/h2,5,8,19,23,25H,3-4,6-7,9-18,20-21H2,1H3/t25-/m1/s1. The van der Waals surface area contributed by atoms with Crippen molar-refractivity contribution in [1.82, 2.24) is 19.6 Å². The van der Waals surface area contributed by atoms with Crippen molar-refractivity contribution in [3.8, 4) is 0 Å². The molecule has 3 heterocycles. The molecule has 0 N–H and O–H groups in total. The number of hydrogen-bond donors (Lipinski definition) is 0. The van der Waals surface area contributed by atoms with E-state index in [-0.39, 0.29) is 17.9 Å². The molecule has 3 aliphatic heterocycles. The minimum Gasteiger partial charge on any atom is -0.383 e. The van der Waals surface area contributed by atoms with Gasteiger partial charge in [-0.3, -0.25) is 19.4 Å². The molecule has 3 saturated heterocycles. The number of amides is 2. The summed E-state index contributed by atoms with van der Waals surface area (Å²) in [6.45, 7) is 9.21. The van der Waals surface area contributed by atoms with E-state index in [1.807, 2.05) is 23.1 Å². The molecule has 1 aromatic carbocycles. The summed E-state index contributed by atoms with van der Waals surface area (Å²) in [5, 5.41) is 0. The van der Waals surface area contributed by atoms with Gasteiger partial charge in [0.25, 0.3) is 5.91 Å². The molecule has 0 aromatic heterocycles. The highest BCUT2D eigenvalue weighted by molar-refractivity contribution is 5.95. The third kappa shape index (κ3) is 5.65. The number of piperazine rings is 2. The Kier molecular flexibility index (Phi) is 7.90. The first kappa shape index (κ1) is 24.5. The molecule has 1 aromatic rings. The van der Waals surface area contributed by atoms with Crippen molar-refractivity contribution in [3.63, 3.8) is 0 Å². The van der Waals surface area contributed by atoms with Crippen LogP contribution in [0.1, 0.15) is 42.5 Å². The van der Waals surface area contributed by atoms with Crippen molar-refractivity contribution in [2.75, 3.05) is 84.1 Å². The number of methoxy groups -OCH3 is 1. The lowest BCUT2D eigenvalue weighted by Crippen LogP contribution is -2.56. The van der Waals surface area contributed by atoms with Gasteiger partial charge in [0.05, 0.1) is 19.2 Å². The van der Waals surface area contributed by atoms with Gasteiger partial charge in [0.1, 0.15) is 0 Å². The Morgan fingerprint density at radius 3 is 2.37 bits per heavy atom.